The molecule has 3 N–H and O–H groups in total. The van der Waals surface area contributed by atoms with Crippen LogP contribution >= 0.6 is 0 Å². The lowest BCUT2D eigenvalue weighted by molar-refractivity contribution is 0.0924. The summed E-state index contributed by atoms with van der Waals surface area (Å²) in [6, 6.07) is 7.18. The molecular formula is C13H15N3O2. The number of nitrogens with zero attached hydrogens (tertiary/aromatic N) is 1. The van der Waals surface area contributed by atoms with Crippen LogP contribution in [0.1, 0.15) is 21.9 Å². The number of aromatic nitrogens is 1. The molecule has 0 radical (unpaired) electrons. The largest absolute Gasteiger partial charge is 0.455 e. The maximum absolute atomic E-state index is 11.7. The van der Waals surface area contributed by atoms with E-state index in [4.69, 9.17) is 10.2 Å². The number of hydrogen-bond acceptors (Lipinski definition) is 4. The first-order valence-corrected chi connectivity index (χ1v) is 5.75. The Morgan fingerprint density at radius 1 is 1.28 bits per heavy atom. The molecule has 0 fully saturated rings. The van der Waals surface area contributed by atoms with Gasteiger partial charge in [-0.15, -0.1) is 0 Å². The minimum absolute atomic E-state index is 0.219. The third kappa shape index (κ3) is 3.18. The normalized spacial score (nSPS) is 10.3. The van der Waals surface area contributed by atoms with Gasteiger partial charge in [0.05, 0.1) is 6.54 Å². The van der Waals surface area contributed by atoms with Crippen LogP contribution in [0.15, 0.2) is 41.1 Å². The number of carbonyl (C=O) groups is 1. The molecule has 94 valence electrons. The second-order valence-electron chi connectivity index (χ2n) is 3.83. The van der Waals surface area contributed by atoms with Crippen molar-refractivity contribution in [2.24, 2.45) is 5.73 Å². The van der Waals surface area contributed by atoms with E-state index in [2.05, 4.69) is 10.3 Å². The van der Waals surface area contributed by atoms with Crippen LogP contribution in [0.25, 0.3) is 0 Å². The van der Waals surface area contributed by atoms with Crippen LogP contribution in [0.5, 0.6) is 0 Å². The van der Waals surface area contributed by atoms with Gasteiger partial charge in [-0.2, -0.15) is 0 Å². The summed E-state index contributed by atoms with van der Waals surface area (Å²) in [6.07, 6.45) is 4.23. The average molecular weight is 245 g/mol. The fourth-order valence-corrected chi connectivity index (χ4v) is 1.57. The first-order valence-electron chi connectivity index (χ1n) is 5.75. The van der Waals surface area contributed by atoms with Crippen LogP contribution in [0, 0.1) is 0 Å². The van der Waals surface area contributed by atoms with Gasteiger partial charge >= 0.3 is 0 Å². The van der Waals surface area contributed by atoms with Crippen molar-refractivity contribution >= 4 is 5.91 Å². The molecule has 0 bridgehead atoms. The van der Waals surface area contributed by atoms with E-state index >= 15 is 0 Å². The SMILES string of the molecule is NCc1ccc(C(=O)NCCc2ccncc2)o1. The van der Waals surface area contributed by atoms with E-state index in [1.165, 1.54) is 0 Å². The number of carbonyl (C=O) groups excluding carboxylic acids is 1. The fraction of sp³-hybridized carbons (Fsp3) is 0.231. The molecule has 0 spiro atoms. The van der Waals surface area contributed by atoms with Crippen molar-refractivity contribution in [2.75, 3.05) is 6.54 Å². The number of amides is 1. The molecule has 0 aliphatic heterocycles. The molecule has 0 atom stereocenters. The molecule has 2 rings (SSSR count). The Morgan fingerprint density at radius 3 is 2.72 bits per heavy atom. The van der Waals surface area contributed by atoms with E-state index in [0.29, 0.717) is 24.6 Å². The second-order valence-corrected chi connectivity index (χ2v) is 3.83. The van der Waals surface area contributed by atoms with Crippen molar-refractivity contribution in [1.29, 1.82) is 0 Å². The maximum atomic E-state index is 11.7. The van der Waals surface area contributed by atoms with Gasteiger partial charge in [0.15, 0.2) is 5.76 Å². The molecule has 2 heterocycles. The predicted molar refractivity (Wildman–Crippen MR) is 66.9 cm³/mol. The van der Waals surface area contributed by atoms with Crippen molar-refractivity contribution < 1.29 is 9.21 Å². The topological polar surface area (TPSA) is 81.2 Å². The summed E-state index contributed by atoms with van der Waals surface area (Å²) in [5.41, 5.74) is 6.54. The maximum Gasteiger partial charge on any atom is 0.287 e. The van der Waals surface area contributed by atoms with Gasteiger partial charge in [0, 0.05) is 18.9 Å². The lowest BCUT2D eigenvalue weighted by atomic mass is 10.2. The summed E-state index contributed by atoms with van der Waals surface area (Å²) < 4.78 is 5.25. The molecule has 2 aromatic heterocycles. The monoisotopic (exact) mass is 245 g/mol. The van der Waals surface area contributed by atoms with E-state index in [1.807, 2.05) is 12.1 Å². The minimum Gasteiger partial charge on any atom is -0.455 e. The van der Waals surface area contributed by atoms with Crippen molar-refractivity contribution in [3.05, 3.63) is 53.7 Å². The van der Waals surface area contributed by atoms with E-state index < -0.39 is 0 Å². The van der Waals surface area contributed by atoms with E-state index in [9.17, 15) is 4.79 Å². The summed E-state index contributed by atoms with van der Waals surface area (Å²) >= 11 is 0. The summed E-state index contributed by atoms with van der Waals surface area (Å²) in [5, 5.41) is 2.79. The van der Waals surface area contributed by atoms with Crippen LogP contribution < -0.4 is 11.1 Å². The highest BCUT2D eigenvalue weighted by Gasteiger charge is 2.09. The molecule has 0 aliphatic rings. The third-order valence-corrected chi connectivity index (χ3v) is 2.54. The summed E-state index contributed by atoms with van der Waals surface area (Å²) in [5.74, 6) is 0.684. The molecule has 5 heteroatoms. The number of pyridine rings is 1. The lowest BCUT2D eigenvalue weighted by Gasteiger charge is -2.03. The number of furan rings is 1. The van der Waals surface area contributed by atoms with Crippen molar-refractivity contribution in [3.8, 4) is 0 Å². The van der Waals surface area contributed by atoms with E-state index in [0.717, 1.165) is 12.0 Å². The van der Waals surface area contributed by atoms with Crippen molar-refractivity contribution in [2.45, 2.75) is 13.0 Å². The van der Waals surface area contributed by atoms with Gasteiger partial charge in [0.2, 0.25) is 0 Å². The van der Waals surface area contributed by atoms with Gasteiger partial charge in [-0.25, -0.2) is 0 Å². The zero-order valence-corrected chi connectivity index (χ0v) is 9.93. The zero-order chi connectivity index (χ0) is 12.8. The van der Waals surface area contributed by atoms with Gasteiger partial charge in [0.25, 0.3) is 5.91 Å². The number of rotatable bonds is 5. The van der Waals surface area contributed by atoms with E-state index in [-0.39, 0.29) is 5.91 Å². The molecule has 2 aromatic rings. The Balaban J connectivity index is 1.81. The average Bonchev–Trinajstić information content (AvgIpc) is 2.89. The Morgan fingerprint density at radius 2 is 2.06 bits per heavy atom. The highest BCUT2D eigenvalue weighted by atomic mass is 16.4. The van der Waals surface area contributed by atoms with Crippen LogP contribution in [0.3, 0.4) is 0 Å². The number of nitrogens with one attached hydrogen (secondary N) is 1. The van der Waals surface area contributed by atoms with Gasteiger partial charge in [-0.05, 0) is 36.2 Å². The molecule has 0 saturated heterocycles. The third-order valence-electron chi connectivity index (χ3n) is 2.54. The number of hydrogen-bond donors (Lipinski definition) is 2. The van der Waals surface area contributed by atoms with Crippen molar-refractivity contribution in [1.82, 2.24) is 10.3 Å². The molecule has 1 amide bonds. The first-order chi connectivity index (χ1) is 8.79. The van der Waals surface area contributed by atoms with Gasteiger partial charge < -0.3 is 15.5 Å². The molecule has 0 unspecified atom stereocenters. The summed E-state index contributed by atoms with van der Waals surface area (Å²) in [7, 11) is 0. The molecule has 18 heavy (non-hydrogen) atoms. The van der Waals surface area contributed by atoms with Crippen LogP contribution in [0.2, 0.25) is 0 Å². The van der Waals surface area contributed by atoms with Crippen LogP contribution in [-0.4, -0.2) is 17.4 Å². The standard InChI is InChI=1S/C13H15N3O2/c14-9-11-1-2-12(18-11)13(17)16-8-5-10-3-6-15-7-4-10/h1-4,6-7H,5,8-9,14H2,(H,16,17). The van der Waals surface area contributed by atoms with Gasteiger partial charge in [0.1, 0.15) is 5.76 Å². The van der Waals surface area contributed by atoms with Gasteiger partial charge in [-0.1, -0.05) is 0 Å². The zero-order valence-electron chi connectivity index (χ0n) is 9.93. The highest BCUT2D eigenvalue weighted by molar-refractivity contribution is 5.91. The quantitative estimate of drug-likeness (QED) is 0.826. The summed E-state index contributed by atoms with van der Waals surface area (Å²) in [6.45, 7) is 0.853. The number of nitrogens with two attached hydrogens (primary N) is 1. The molecule has 0 aromatic carbocycles. The smallest absolute Gasteiger partial charge is 0.287 e. The molecule has 5 nitrogen and oxygen atoms in total. The Labute approximate surface area is 105 Å². The van der Waals surface area contributed by atoms with Crippen molar-refractivity contribution in [3.63, 3.8) is 0 Å². The molecule has 0 saturated carbocycles. The molecule has 0 aliphatic carbocycles. The molecular weight excluding hydrogens is 230 g/mol. The van der Waals surface area contributed by atoms with E-state index in [1.54, 1.807) is 24.5 Å². The Kier molecular flexibility index (Phi) is 4.09. The van der Waals surface area contributed by atoms with Crippen LogP contribution in [0.4, 0.5) is 0 Å². The predicted octanol–water partition coefficient (Wildman–Crippen LogP) is 1.11. The fourth-order valence-electron chi connectivity index (χ4n) is 1.57. The van der Waals surface area contributed by atoms with Gasteiger partial charge in [-0.3, -0.25) is 9.78 Å². The Bertz CT molecular complexity index is 508. The lowest BCUT2D eigenvalue weighted by Crippen LogP contribution is -2.25. The second kappa shape index (κ2) is 5.97. The highest BCUT2D eigenvalue weighted by Crippen LogP contribution is 2.06. The summed E-state index contributed by atoms with van der Waals surface area (Å²) in [4.78, 5) is 15.6. The Hall–Kier alpha value is -2.14. The minimum atomic E-state index is -0.219. The first kappa shape index (κ1) is 12.3. The van der Waals surface area contributed by atoms with Crippen LogP contribution in [-0.2, 0) is 13.0 Å².